The molecule has 3 N–H and O–H groups in total. The first kappa shape index (κ1) is 41.2. The number of hydrogen-bond donors (Lipinski definition) is 3. The van der Waals surface area contributed by atoms with E-state index in [9.17, 15) is 29.1 Å². The first-order chi connectivity index (χ1) is 29.4. The molecule has 5 amide bonds. The molecule has 4 heterocycles. The van der Waals surface area contributed by atoms with E-state index in [1.165, 1.54) is 15.9 Å². The molecule has 3 aliphatic rings. The molecule has 3 aliphatic heterocycles. The summed E-state index contributed by atoms with van der Waals surface area (Å²) >= 11 is 6.87. The minimum absolute atomic E-state index is 0.00610. The smallest absolute Gasteiger partial charge is 0.255 e. The summed E-state index contributed by atoms with van der Waals surface area (Å²) < 4.78 is 22.9. The fraction of sp³-hybridized carbons (Fsp3) is 0.341. The van der Waals surface area contributed by atoms with Crippen LogP contribution in [-0.2, 0) is 25.7 Å². The Hall–Kier alpha value is -6.55. The number of ether oxygens (including phenoxy) is 1. The fourth-order valence-corrected chi connectivity index (χ4v) is 8.47. The number of piperidine rings is 1. The van der Waals surface area contributed by atoms with Gasteiger partial charge in [0.05, 0.1) is 11.6 Å². The van der Waals surface area contributed by atoms with Gasteiger partial charge in [0.2, 0.25) is 29.6 Å². The molecule has 17 heteroatoms. The average Bonchev–Trinajstić information content (AvgIpc) is 3.57. The van der Waals surface area contributed by atoms with Crippen molar-refractivity contribution < 1.29 is 38.2 Å². The number of aromatic nitrogens is 2. The Kier molecular flexibility index (Phi) is 11.6. The van der Waals surface area contributed by atoms with Gasteiger partial charge in [-0.2, -0.15) is 4.98 Å². The fourth-order valence-electron chi connectivity index (χ4n) is 8.18. The number of amides is 5. The molecule has 1 unspecified atom stereocenters. The summed E-state index contributed by atoms with van der Waals surface area (Å²) in [6, 6.07) is 16.4. The minimum Gasteiger partial charge on any atom is -0.508 e. The van der Waals surface area contributed by atoms with E-state index in [1.54, 1.807) is 42.3 Å². The highest BCUT2D eigenvalue weighted by Crippen LogP contribution is 2.42. The van der Waals surface area contributed by atoms with Gasteiger partial charge < -0.3 is 34.8 Å². The van der Waals surface area contributed by atoms with Crippen LogP contribution in [0.4, 0.5) is 16.2 Å². The van der Waals surface area contributed by atoms with Gasteiger partial charge in [0.1, 0.15) is 35.5 Å². The highest BCUT2D eigenvalue weighted by molar-refractivity contribution is 6.35. The van der Waals surface area contributed by atoms with Crippen molar-refractivity contribution in [1.29, 1.82) is 0 Å². The monoisotopic (exact) mass is 850 g/mol. The van der Waals surface area contributed by atoms with Gasteiger partial charge in [0, 0.05) is 82.1 Å². The zero-order valence-corrected chi connectivity index (χ0v) is 34.4. The van der Waals surface area contributed by atoms with Crippen LogP contribution < -0.4 is 20.3 Å². The molecule has 0 spiro atoms. The SMILES string of the molecule is CCC(=O)N1CCN(c2nc(NCCC(=O)N(C)CCOc3ccc4c(c3)CN(C3CCC(=O)NC3=O)C4=O)nc3c(F)c(-c4cc(O)cc5ccccc45)c(Cl)cc23)CC1. The maximum Gasteiger partial charge on any atom is 0.255 e. The second kappa shape index (κ2) is 17.2. The van der Waals surface area contributed by atoms with Crippen molar-refractivity contribution in [3.8, 4) is 22.6 Å². The van der Waals surface area contributed by atoms with Crippen molar-refractivity contribution >= 4 is 74.6 Å². The second-order valence-corrected chi connectivity index (χ2v) is 15.7. The molecule has 15 nitrogen and oxygen atoms in total. The van der Waals surface area contributed by atoms with E-state index < -0.39 is 17.8 Å². The molecule has 0 bridgehead atoms. The Bertz CT molecular complexity index is 2600. The number of likely N-dealkylation sites (N-methyl/N-ethyl adjacent to an activating group) is 1. The van der Waals surface area contributed by atoms with Crippen LogP contribution in [0.15, 0.2) is 60.7 Å². The summed E-state index contributed by atoms with van der Waals surface area (Å²) in [7, 11) is 1.66. The van der Waals surface area contributed by atoms with Gasteiger partial charge in [0.15, 0.2) is 5.82 Å². The number of hydrogen-bond acceptors (Lipinski definition) is 11. The van der Waals surface area contributed by atoms with E-state index in [0.717, 1.165) is 0 Å². The predicted molar refractivity (Wildman–Crippen MR) is 227 cm³/mol. The van der Waals surface area contributed by atoms with Crippen molar-refractivity contribution in [1.82, 2.24) is 30.0 Å². The third-order valence-corrected chi connectivity index (χ3v) is 11.7. The number of nitrogens with one attached hydrogen (secondary N) is 2. The van der Waals surface area contributed by atoms with Crippen LogP contribution in [0, 0.1) is 5.82 Å². The molecular formula is C44H44ClFN8O7. The largest absolute Gasteiger partial charge is 0.508 e. The van der Waals surface area contributed by atoms with Crippen LogP contribution in [0.25, 0.3) is 32.8 Å². The van der Waals surface area contributed by atoms with Crippen LogP contribution in [-0.4, -0.2) is 118 Å². The Morgan fingerprint density at radius 1 is 1.02 bits per heavy atom. The molecule has 316 valence electrons. The van der Waals surface area contributed by atoms with Gasteiger partial charge in [-0.15, -0.1) is 0 Å². The summed E-state index contributed by atoms with van der Waals surface area (Å²) in [6.07, 6.45) is 0.899. The normalized spacial score (nSPS) is 16.6. The summed E-state index contributed by atoms with van der Waals surface area (Å²) in [5.41, 5.74) is 1.68. The van der Waals surface area contributed by atoms with Crippen LogP contribution >= 0.6 is 11.6 Å². The van der Waals surface area contributed by atoms with Gasteiger partial charge >= 0.3 is 0 Å². The van der Waals surface area contributed by atoms with E-state index in [4.69, 9.17) is 21.3 Å². The zero-order chi connectivity index (χ0) is 42.9. The van der Waals surface area contributed by atoms with Crippen molar-refractivity contribution in [2.75, 3.05) is 63.1 Å². The topological polar surface area (TPSA) is 178 Å². The molecular weight excluding hydrogens is 807 g/mol. The second-order valence-electron chi connectivity index (χ2n) is 15.3. The molecule has 0 saturated carbocycles. The van der Waals surface area contributed by atoms with Gasteiger partial charge in [-0.05, 0) is 64.7 Å². The molecule has 2 saturated heterocycles. The number of phenolic OH excluding ortho intramolecular Hbond substituents is 1. The van der Waals surface area contributed by atoms with Crippen molar-refractivity contribution in [2.24, 2.45) is 0 Å². The highest BCUT2D eigenvalue weighted by Gasteiger charge is 2.39. The van der Waals surface area contributed by atoms with Crippen LogP contribution in [0.5, 0.6) is 11.5 Å². The summed E-state index contributed by atoms with van der Waals surface area (Å²) in [5.74, 6) is -0.926. The van der Waals surface area contributed by atoms with Crippen molar-refractivity contribution in [3.05, 3.63) is 82.6 Å². The van der Waals surface area contributed by atoms with E-state index in [1.807, 2.05) is 36.1 Å². The molecule has 5 aromatic rings. The Labute approximate surface area is 355 Å². The van der Waals surface area contributed by atoms with Crippen LogP contribution in [0.2, 0.25) is 5.02 Å². The lowest BCUT2D eigenvalue weighted by Gasteiger charge is -2.36. The summed E-state index contributed by atoms with van der Waals surface area (Å²) in [5, 5.41) is 17.9. The van der Waals surface area contributed by atoms with Crippen molar-refractivity contribution in [3.63, 3.8) is 0 Å². The lowest BCUT2D eigenvalue weighted by molar-refractivity contribution is -0.137. The number of carbonyl (C=O) groups is 5. The number of rotatable bonds is 12. The number of phenols is 1. The number of anilines is 2. The van der Waals surface area contributed by atoms with E-state index >= 15 is 4.39 Å². The number of aromatic hydroxyl groups is 1. The van der Waals surface area contributed by atoms with Crippen LogP contribution in [0.3, 0.4) is 0 Å². The van der Waals surface area contributed by atoms with Gasteiger partial charge in [-0.1, -0.05) is 42.8 Å². The van der Waals surface area contributed by atoms with Gasteiger partial charge in [0.25, 0.3) is 5.91 Å². The molecule has 4 aromatic carbocycles. The van der Waals surface area contributed by atoms with E-state index in [-0.39, 0.29) is 96.9 Å². The summed E-state index contributed by atoms with van der Waals surface area (Å²) in [6.45, 7) is 4.44. The molecule has 0 aliphatic carbocycles. The number of halogens is 2. The molecule has 8 rings (SSSR count). The highest BCUT2D eigenvalue weighted by atomic mass is 35.5. The van der Waals surface area contributed by atoms with E-state index in [0.29, 0.717) is 77.0 Å². The standard InChI is InChI=1S/C44H44ClFN8O7/c1-3-36(57)52-14-16-53(17-15-52)41-32-23-33(45)38(31-22-27(55)20-25-6-4-5-7-29(25)31)39(46)40(32)49-44(50-41)47-13-12-37(58)51(2)18-19-61-28-8-9-30-26(21-28)24-54(43(30)60)34-10-11-35(56)48-42(34)59/h4-9,20-23,34,55H,3,10-19,24H2,1-2H3,(H,47,49,50)(H,48,56,59). The number of fused-ring (bicyclic) bond motifs is 3. The lowest BCUT2D eigenvalue weighted by Crippen LogP contribution is -2.52. The number of imide groups is 1. The molecule has 0 radical (unpaired) electrons. The first-order valence-electron chi connectivity index (χ1n) is 20.2. The Balaban J connectivity index is 0.948. The molecule has 2 fully saturated rings. The quantitative estimate of drug-likeness (QED) is 0.142. The average molecular weight is 851 g/mol. The summed E-state index contributed by atoms with van der Waals surface area (Å²) in [4.78, 5) is 78.8. The predicted octanol–water partition coefficient (Wildman–Crippen LogP) is 5.11. The van der Waals surface area contributed by atoms with Crippen LogP contribution in [0.1, 0.15) is 48.5 Å². The lowest BCUT2D eigenvalue weighted by atomic mass is 9.96. The number of benzene rings is 4. The molecule has 61 heavy (non-hydrogen) atoms. The van der Waals surface area contributed by atoms with E-state index in [2.05, 4.69) is 15.6 Å². The number of carbonyl (C=O) groups excluding carboxylic acids is 5. The van der Waals surface area contributed by atoms with Gasteiger partial charge in [-0.25, -0.2) is 9.37 Å². The first-order valence-corrected chi connectivity index (χ1v) is 20.6. The third kappa shape index (κ3) is 8.31. The minimum atomic E-state index is -0.712. The number of nitrogens with zero attached hydrogens (tertiary/aromatic N) is 6. The molecule has 1 atom stereocenters. The maximum atomic E-state index is 16.9. The Morgan fingerprint density at radius 2 is 1.80 bits per heavy atom. The zero-order valence-electron chi connectivity index (χ0n) is 33.7. The number of piperazine rings is 1. The molecule has 1 aromatic heterocycles. The van der Waals surface area contributed by atoms with Crippen molar-refractivity contribution in [2.45, 2.75) is 45.2 Å². The maximum absolute atomic E-state index is 16.9. The third-order valence-electron chi connectivity index (χ3n) is 11.5. The van der Waals surface area contributed by atoms with Gasteiger partial charge in [-0.3, -0.25) is 29.3 Å². The Morgan fingerprint density at radius 3 is 2.57 bits per heavy atom.